The summed E-state index contributed by atoms with van der Waals surface area (Å²) in [5, 5.41) is 19.0. The molecule has 0 bridgehead atoms. The van der Waals surface area contributed by atoms with Gasteiger partial charge < -0.3 is 20.5 Å². The van der Waals surface area contributed by atoms with E-state index >= 15 is 0 Å². The molecule has 23 heavy (non-hydrogen) atoms. The molecule has 8 heteroatoms. The largest absolute Gasteiger partial charge is 0.504 e. The van der Waals surface area contributed by atoms with Crippen LogP contribution in [0.3, 0.4) is 0 Å². The van der Waals surface area contributed by atoms with E-state index in [4.69, 9.17) is 10.5 Å². The Morgan fingerprint density at radius 2 is 2.09 bits per heavy atom. The summed E-state index contributed by atoms with van der Waals surface area (Å²) < 4.78 is 5.05. The van der Waals surface area contributed by atoms with Crippen molar-refractivity contribution in [3.8, 4) is 17.6 Å². The summed E-state index contributed by atoms with van der Waals surface area (Å²) >= 11 is 0. The van der Waals surface area contributed by atoms with Gasteiger partial charge in [0.25, 0.3) is 0 Å². The number of hydrogen-bond donors (Lipinski definition) is 2. The highest BCUT2D eigenvalue weighted by Gasteiger charge is 2.11. The van der Waals surface area contributed by atoms with Crippen LogP contribution in [0.5, 0.6) is 11.5 Å². The summed E-state index contributed by atoms with van der Waals surface area (Å²) in [7, 11) is 4.97. The first-order valence-electron chi connectivity index (χ1n) is 6.62. The number of phenols is 1. The standard InChI is InChI=1S/C15H16N6O2/c1-21(2)15-19-13(18-14(17)20-15)10(8-16)6-9-4-5-11(22)12(7-9)23-3/h4-7,22H,1-3H3,(H2,17,18,19,20)/b10-6+. The first-order valence-corrected chi connectivity index (χ1v) is 6.62. The molecule has 0 amide bonds. The summed E-state index contributed by atoms with van der Waals surface area (Å²) in [6.45, 7) is 0. The minimum atomic E-state index is 0.0162. The fraction of sp³-hybridized carbons (Fsp3) is 0.200. The van der Waals surface area contributed by atoms with Gasteiger partial charge in [0.1, 0.15) is 6.07 Å². The first kappa shape index (κ1) is 16.0. The molecule has 0 aliphatic carbocycles. The van der Waals surface area contributed by atoms with E-state index in [9.17, 15) is 10.4 Å². The molecule has 118 valence electrons. The van der Waals surface area contributed by atoms with Gasteiger partial charge in [0.2, 0.25) is 11.9 Å². The highest BCUT2D eigenvalue weighted by Crippen LogP contribution is 2.28. The molecule has 0 atom stereocenters. The highest BCUT2D eigenvalue weighted by molar-refractivity contribution is 5.87. The van der Waals surface area contributed by atoms with E-state index in [2.05, 4.69) is 15.0 Å². The van der Waals surface area contributed by atoms with Crippen molar-refractivity contribution in [2.75, 3.05) is 31.8 Å². The van der Waals surface area contributed by atoms with E-state index in [0.717, 1.165) is 0 Å². The number of phenolic OH excluding ortho intramolecular Hbond substituents is 1. The number of ether oxygens (including phenoxy) is 1. The topological polar surface area (TPSA) is 121 Å². The maximum Gasteiger partial charge on any atom is 0.230 e. The van der Waals surface area contributed by atoms with Gasteiger partial charge in [-0.2, -0.15) is 20.2 Å². The quantitative estimate of drug-likeness (QED) is 0.810. The number of benzene rings is 1. The van der Waals surface area contributed by atoms with Crippen LogP contribution in [0.1, 0.15) is 11.4 Å². The van der Waals surface area contributed by atoms with Crippen molar-refractivity contribution in [1.82, 2.24) is 15.0 Å². The van der Waals surface area contributed by atoms with Gasteiger partial charge >= 0.3 is 0 Å². The minimum absolute atomic E-state index is 0.0162. The normalized spacial score (nSPS) is 11.0. The zero-order valence-corrected chi connectivity index (χ0v) is 13.0. The van der Waals surface area contributed by atoms with Crippen LogP contribution in [0.25, 0.3) is 11.6 Å². The van der Waals surface area contributed by atoms with E-state index in [-0.39, 0.29) is 23.1 Å². The lowest BCUT2D eigenvalue weighted by atomic mass is 10.1. The average molecular weight is 312 g/mol. The second-order valence-electron chi connectivity index (χ2n) is 4.81. The van der Waals surface area contributed by atoms with Gasteiger partial charge in [0.05, 0.1) is 12.7 Å². The fourth-order valence-corrected chi connectivity index (χ4v) is 1.80. The molecular weight excluding hydrogens is 296 g/mol. The molecule has 1 aromatic carbocycles. The number of nitrogens with zero attached hydrogens (tertiary/aromatic N) is 5. The van der Waals surface area contributed by atoms with Crippen LogP contribution in [0.2, 0.25) is 0 Å². The molecular formula is C15H16N6O2. The lowest BCUT2D eigenvalue weighted by molar-refractivity contribution is 0.373. The molecule has 3 N–H and O–H groups in total. The number of aromatic nitrogens is 3. The van der Waals surface area contributed by atoms with Gasteiger partial charge in [-0.3, -0.25) is 0 Å². The van der Waals surface area contributed by atoms with Crippen molar-refractivity contribution in [2.45, 2.75) is 0 Å². The molecule has 2 aromatic rings. The van der Waals surface area contributed by atoms with E-state index in [1.54, 1.807) is 37.2 Å². The molecule has 0 saturated carbocycles. The van der Waals surface area contributed by atoms with Gasteiger partial charge in [0, 0.05) is 14.1 Å². The number of nitriles is 1. The van der Waals surface area contributed by atoms with Crippen molar-refractivity contribution in [1.29, 1.82) is 5.26 Å². The Morgan fingerprint density at radius 3 is 2.70 bits per heavy atom. The van der Waals surface area contributed by atoms with Crippen molar-refractivity contribution < 1.29 is 9.84 Å². The molecule has 1 aromatic heterocycles. The number of methoxy groups -OCH3 is 1. The zero-order chi connectivity index (χ0) is 17.0. The second kappa shape index (κ2) is 6.62. The Bertz CT molecular complexity index is 795. The highest BCUT2D eigenvalue weighted by atomic mass is 16.5. The Kier molecular flexibility index (Phi) is 4.61. The Labute approximate surface area is 133 Å². The van der Waals surface area contributed by atoms with Gasteiger partial charge in [-0.15, -0.1) is 0 Å². The van der Waals surface area contributed by atoms with E-state index in [1.165, 1.54) is 13.2 Å². The van der Waals surface area contributed by atoms with Crippen molar-refractivity contribution in [2.24, 2.45) is 0 Å². The molecule has 2 rings (SSSR count). The third kappa shape index (κ3) is 3.65. The number of aromatic hydroxyl groups is 1. The lowest BCUT2D eigenvalue weighted by Crippen LogP contribution is -2.15. The van der Waals surface area contributed by atoms with Crippen molar-refractivity contribution in [3.05, 3.63) is 29.6 Å². The Balaban J connectivity index is 2.50. The molecule has 0 unspecified atom stereocenters. The predicted molar refractivity (Wildman–Crippen MR) is 86.7 cm³/mol. The third-order valence-electron chi connectivity index (χ3n) is 2.92. The second-order valence-corrected chi connectivity index (χ2v) is 4.81. The predicted octanol–water partition coefficient (Wildman–Crippen LogP) is 1.30. The van der Waals surface area contributed by atoms with Crippen LogP contribution in [-0.4, -0.2) is 41.3 Å². The molecule has 0 aliphatic rings. The maximum atomic E-state index is 9.61. The minimum Gasteiger partial charge on any atom is -0.504 e. The summed E-state index contributed by atoms with van der Waals surface area (Å²) in [6, 6.07) is 6.77. The van der Waals surface area contributed by atoms with Gasteiger partial charge in [0.15, 0.2) is 17.3 Å². The maximum absolute atomic E-state index is 9.61. The number of anilines is 2. The molecule has 0 spiro atoms. The van der Waals surface area contributed by atoms with Gasteiger partial charge in [-0.05, 0) is 23.8 Å². The van der Waals surface area contributed by atoms with Crippen LogP contribution in [0.15, 0.2) is 18.2 Å². The molecule has 0 saturated heterocycles. The Hall–Kier alpha value is -3.34. The van der Waals surface area contributed by atoms with Crippen molar-refractivity contribution in [3.63, 3.8) is 0 Å². The number of allylic oxidation sites excluding steroid dienone is 1. The fourth-order valence-electron chi connectivity index (χ4n) is 1.80. The van der Waals surface area contributed by atoms with E-state index in [1.807, 2.05) is 6.07 Å². The number of hydrogen-bond acceptors (Lipinski definition) is 8. The van der Waals surface area contributed by atoms with Crippen LogP contribution in [0.4, 0.5) is 11.9 Å². The summed E-state index contributed by atoms with van der Waals surface area (Å²) in [6.07, 6.45) is 1.58. The summed E-state index contributed by atoms with van der Waals surface area (Å²) in [5.74, 6) is 0.887. The van der Waals surface area contributed by atoms with Crippen LogP contribution in [0, 0.1) is 11.3 Å². The first-order chi connectivity index (χ1) is 10.9. The average Bonchev–Trinajstić information content (AvgIpc) is 2.53. The van der Waals surface area contributed by atoms with Crippen LogP contribution < -0.4 is 15.4 Å². The molecule has 1 heterocycles. The molecule has 8 nitrogen and oxygen atoms in total. The van der Waals surface area contributed by atoms with Crippen LogP contribution in [-0.2, 0) is 0 Å². The van der Waals surface area contributed by atoms with Gasteiger partial charge in [-0.25, -0.2) is 0 Å². The van der Waals surface area contributed by atoms with E-state index < -0.39 is 0 Å². The number of rotatable bonds is 4. The number of nitrogens with two attached hydrogens (primary N) is 1. The third-order valence-corrected chi connectivity index (χ3v) is 2.92. The van der Waals surface area contributed by atoms with Crippen molar-refractivity contribution >= 4 is 23.5 Å². The molecule has 0 radical (unpaired) electrons. The van der Waals surface area contributed by atoms with Gasteiger partial charge in [-0.1, -0.05) is 6.07 Å². The monoisotopic (exact) mass is 312 g/mol. The zero-order valence-electron chi connectivity index (χ0n) is 13.0. The SMILES string of the molecule is COc1cc(/C=C(\C#N)c2nc(N)nc(N(C)C)n2)ccc1O. The lowest BCUT2D eigenvalue weighted by Gasteiger charge is -2.11. The molecule has 0 aliphatic heterocycles. The van der Waals surface area contributed by atoms with Crippen LogP contribution >= 0.6 is 0 Å². The Morgan fingerprint density at radius 1 is 1.35 bits per heavy atom. The summed E-state index contributed by atoms with van der Waals surface area (Å²) in [4.78, 5) is 13.9. The summed E-state index contributed by atoms with van der Waals surface area (Å²) in [5.41, 5.74) is 6.54. The smallest absolute Gasteiger partial charge is 0.230 e. The number of nitrogen functional groups attached to an aromatic ring is 1. The molecule has 0 fully saturated rings. The van der Waals surface area contributed by atoms with E-state index in [0.29, 0.717) is 17.3 Å².